The standard InChI is InChI=1S/C12H24N2O/c1-11(10-15)8-13-6-7-14-5-3-2-4-12(14)9-13/h11-12,15H,2-10H2,1H3. The normalized spacial score (nSPS) is 31.2. The molecule has 0 aromatic rings. The summed E-state index contributed by atoms with van der Waals surface area (Å²) >= 11 is 0. The minimum atomic E-state index is 0.324. The zero-order chi connectivity index (χ0) is 10.7. The Morgan fingerprint density at radius 2 is 2.13 bits per heavy atom. The summed E-state index contributed by atoms with van der Waals surface area (Å²) in [4.78, 5) is 5.19. The van der Waals surface area contributed by atoms with Crippen molar-refractivity contribution in [2.24, 2.45) is 5.92 Å². The molecule has 2 unspecified atom stereocenters. The largest absolute Gasteiger partial charge is 0.396 e. The first kappa shape index (κ1) is 11.4. The Hall–Kier alpha value is -0.120. The van der Waals surface area contributed by atoms with Crippen LogP contribution in [0.5, 0.6) is 0 Å². The van der Waals surface area contributed by atoms with Gasteiger partial charge in [0.15, 0.2) is 0 Å². The van der Waals surface area contributed by atoms with Crippen LogP contribution in [0.2, 0.25) is 0 Å². The molecule has 2 fully saturated rings. The molecule has 0 amide bonds. The average molecular weight is 212 g/mol. The van der Waals surface area contributed by atoms with Crippen LogP contribution >= 0.6 is 0 Å². The summed E-state index contributed by atoms with van der Waals surface area (Å²) in [5, 5.41) is 9.06. The average Bonchev–Trinajstić information content (AvgIpc) is 2.29. The van der Waals surface area contributed by atoms with Crippen LogP contribution in [0.1, 0.15) is 26.2 Å². The van der Waals surface area contributed by atoms with Gasteiger partial charge in [0.1, 0.15) is 0 Å². The van der Waals surface area contributed by atoms with Gasteiger partial charge in [-0.25, -0.2) is 0 Å². The molecule has 2 rings (SSSR count). The Balaban J connectivity index is 1.80. The third-order valence-corrected chi connectivity index (χ3v) is 3.80. The molecule has 2 heterocycles. The summed E-state index contributed by atoms with van der Waals surface area (Å²) in [6.45, 7) is 8.50. The number of fused-ring (bicyclic) bond motifs is 1. The van der Waals surface area contributed by atoms with Crippen LogP contribution < -0.4 is 0 Å². The van der Waals surface area contributed by atoms with E-state index in [1.54, 1.807) is 0 Å². The van der Waals surface area contributed by atoms with Crippen LogP contribution in [-0.2, 0) is 0 Å². The van der Waals surface area contributed by atoms with E-state index in [1.807, 2.05) is 0 Å². The van der Waals surface area contributed by atoms with Crippen molar-refractivity contribution >= 4 is 0 Å². The summed E-state index contributed by atoms with van der Waals surface area (Å²) in [6.07, 6.45) is 4.18. The van der Waals surface area contributed by atoms with Crippen molar-refractivity contribution < 1.29 is 5.11 Å². The van der Waals surface area contributed by atoms with Crippen LogP contribution in [0.4, 0.5) is 0 Å². The molecular formula is C12H24N2O. The smallest absolute Gasteiger partial charge is 0.0468 e. The number of nitrogens with zero attached hydrogens (tertiary/aromatic N) is 2. The summed E-state index contributed by atoms with van der Waals surface area (Å²) in [5.41, 5.74) is 0. The molecular weight excluding hydrogens is 188 g/mol. The lowest BCUT2D eigenvalue weighted by molar-refractivity contribution is 0.0380. The molecule has 0 aliphatic carbocycles. The SMILES string of the molecule is CC(CO)CN1CCN2CCCCC2C1. The van der Waals surface area contributed by atoms with Crippen LogP contribution in [0.3, 0.4) is 0 Å². The van der Waals surface area contributed by atoms with Gasteiger partial charge in [0, 0.05) is 38.8 Å². The lowest BCUT2D eigenvalue weighted by Crippen LogP contribution is -2.55. The number of aliphatic hydroxyl groups excluding tert-OH is 1. The van der Waals surface area contributed by atoms with E-state index in [0.717, 1.165) is 12.6 Å². The monoisotopic (exact) mass is 212 g/mol. The van der Waals surface area contributed by atoms with Crippen LogP contribution in [0.25, 0.3) is 0 Å². The highest BCUT2D eigenvalue weighted by Crippen LogP contribution is 2.21. The maximum atomic E-state index is 9.06. The zero-order valence-electron chi connectivity index (χ0n) is 9.86. The van der Waals surface area contributed by atoms with Gasteiger partial charge in [-0.2, -0.15) is 0 Å². The molecule has 0 radical (unpaired) electrons. The summed E-state index contributed by atoms with van der Waals surface area (Å²) in [6, 6.07) is 0.804. The summed E-state index contributed by atoms with van der Waals surface area (Å²) < 4.78 is 0. The van der Waals surface area contributed by atoms with E-state index in [9.17, 15) is 0 Å². The summed E-state index contributed by atoms with van der Waals surface area (Å²) in [7, 11) is 0. The van der Waals surface area contributed by atoms with Crippen molar-refractivity contribution in [2.75, 3.05) is 39.3 Å². The molecule has 0 aromatic carbocycles. The molecule has 15 heavy (non-hydrogen) atoms. The number of piperazine rings is 1. The summed E-state index contributed by atoms with van der Waals surface area (Å²) in [5.74, 6) is 0.431. The van der Waals surface area contributed by atoms with Crippen LogP contribution in [-0.4, -0.2) is 60.3 Å². The molecule has 2 saturated heterocycles. The van der Waals surface area contributed by atoms with E-state index in [4.69, 9.17) is 5.11 Å². The first-order valence-electron chi connectivity index (χ1n) is 6.37. The Bertz CT molecular complexity index is 198. The lowest BCUT2D eigenvalue weighted by atomic mass is 9.99. The fourth-order valence-electron chi connectivity index (χ4n) is 2.88. The van der Waals surface area contributed by atoms with Gasteiger partial charge in [-0.15, -0.1) is 0 Å². The number of rotatable bonds is 3. The van der Waals surface area contributed by atoms with Gasteiger partial charge in [0.05, 0.1) is 0 Å². The Kier molecular flexibility index (Phi) is 4.00. The van der Waals surface area contributed by atoms with E-state index in [2.05, 4.69) is 16.7 Å². The molecule has 0 bridgehead atoms. The first-order chi connectivity index (χ1) is 7.29. The quantitative estimate of drug-likeness (QED) is 0.749. The molecule has 3 heteroatoms. The molecule has 2 aliphatic heterocycles. The van der Waals surface area contributed by atoms with Crippen LogP contribution in [0.15, 0.2) is 0 Å². The fourth-order valence-corrected chi connectivity index (χ4v) is 2.88. The van der Waals surface area contributed by atoms with Gasteiger partial charge in [0.2, 0.25) is 0 Å². The third-order valence-electron chi connectivity index (χ3n) is 3.80. The minimum absolute atomic E-state index is 0.324. The van der Waals surface area contributed by atoms with Crippen molar-refractivity contribution in [3.8, 4) is 0 Å². The van der Waals surface area contributed by atoms with Gasteiger partial charge in [-0.05, 0) is 25.3 Å². The van der Waals surface area contributed by atoms with Gasteiger partial charge in [0.25, 0.3) is 0 Å². The van der Waals surface area contributed by atoms with Crippen molar-refractivity contribution in [3.05, 3.63) is 0 Å². The van der Waals surface area contributed by atoms with Gasteiger partial charge >= 0.3 is 0 Å². The van der Waals surface area contributed by atoms with Crippen molar-refractivity contribution in [2.45, 2.75) is 32.2 Å². The molecule has 88 valence electrons. The highest BCUT2D eigenvalue weighted by molar-refractivity contribution is 4.85. The molecule has 1 N–H and O–H groups in total. The molecule has 3 nitrogen and oxygen atoms in total. The highest BCUT2D eigenvalue weighted by atomic mass is 16.3. The number of aliphatic hydroxyl groups is 1. The second kappa shape index (κ2) is 5.28. The van der Waals surface area contributed by atoms with Crippen molar-refractivity contribution in [1.29, 1.82) is 0 Å². The topological polar surface area (TPSA) is 26.7 Å². The Morgan fingerprint density at radius 3 is 2.93 bits per heavy atom. The molecule has 2 aliphatic rings. The minimum Gasteiger partial charge on any atom is -0.396 e. The van der Waals surface area contributed by atoms with E-state index in [0.29, 0.717) is 12.5 Å². The second-order valence-corrected chi connectivity index (χ2v) is 5.23. The second-order valence-electron chi connectivity index (χ2n) is 5.23. The molecule has 2 atom stereocenters. The van der Waals surface area contributed by atoms with Crippen molar-refractivity contribution in [1.82, 2.24) is 9.80 Å². The van der Waals surface area contributed by atoms with E-state index < -0.39 is 0 Å². The van der Waals surface area contributed by atoms with Gasteiger partial charge in [-0.1, -0.05) is 13.3 Å². The van der Waals surface area contributed by atoms with E-state index in [-0.39, 0.29) is 0 Å². The predicted octanol–water partition coefficient (Wildman–Crippen LogP) is 0.785. The van der Waals surface area contributed by atoms with E-state index in [1.165, 1.54) is 45.4 Å². The predicted molar refractivity (Wildman–Crippen MR) is 61.9 cm³/mol. The Labute approximate surface area is 93.1 Å². The first-order valence-corrected chi connectivity index (χ1v) is 6.37. The molecule has 0 spiro atoms. The van der Waals surface area contributed by atoms with Crippen LogP contribution in [0, 0.1) is 5.92 Å². The van der Waals surface area contributed by atoms with Gasteiger partial charge in [-0.3, -0.25) is 4.90 Å². The van der Waals surface area contributed by atoms with E-state index >= 15 is 0 Å². The number of hydrogen-bond acceptors (Lipinski definition) is 3. The maximum Gasteiger partial charge on any atom is 0.0468 e. The lowest BCUT2D eigenvalue weighted by Gasteiger charge is -2.44. The Morgan fingerprint density at radius 1 is 1.27 bits per heavy atom. The number of hydrogen-bond donors (Lipinski definition) is 1. The maximum absolute atomic E-state index is 9.06. The van der Waals surface area contributed by atoms with Gasteiger partial charge < -0.3 is 10.0 Å². The number of piperidine rings is 1. The fraction of sp³-hybridized carbons (Fsp3) is 1.00. The zero-order valence-corrected chi connectivity index (χ0v) is 9.86. The molecule has 0 aromatic heterocycles. The third kappa shape index (κ3) is 2.92. The highest BCUT2D eigenvalue weighted by Gasteiger charge is 2.28. The molecule has 0 saturated carbocycles. The van der Waals surface area contributed by atoms with Crippen molar-refractivity contribution in [3.63, 3.8) is 0 Å².